The topological polar surface area (TPSA) is 75.3 Å². The molecule has 0 rings (SSSR count). The van der Waals surface area contributed by atoms with Gasteiger partial charge in [0.2, 0.25) is 5.91 Å². The van der Waals surface area contributed by atoms with Gasteiger partial charge in [-0.2, -0.15) is 0 Å². The maximum atomic E-state index is 10.5. The summed E-state index contributed by atoms with van der Waals surface area (Å²) in [4.78, 5) is 10.5. The van der Waals surface area contributed by atoms with Gasteiger partial charge in [0.15, 0.2) is 0 Å². The number of nitrogens with one attached hydrogen (secondary N) is 1. The molecule has 0 fully saturated rings. The van der Waals surface area contributed by atoms with Crippen LogP contribution in [0.4, 0.5) is 0 Å². The van der Waals surface area contributed by atoms with E-state index in [1.165, 1.54) is 6.92 Å². The molecule has 0 aromatic carbocycles. The molecule has 0 saturated heterocycles. The van der Waals surface area contributed by atoms with Gasteiger partial charge >= 0.3 is 0 Å². The van der Waals surface area contributed by atoms with E-state index in [0.29, 0.717) is 0 Å². The van der Waals surface area contributed by atoms with Crippen LogP contribution in [-0.2, 0) is 4.79 Å². The standard InChI is InChI=1S/C5H12N2O2/c1-5(3-8,7-2)4(6)9/h7-8H,3H2,1-2H3,(H2,6,9). The first-order chi connectivity index (χ1) is 4.06. The molecule has 0 radical (unpaired) electrons. The van der Waals surface area contributed by atoms with Crippen LogP contribution in [0.15, 0.2) is 0 Å². The van der Waals surface area contributed by atoms with Crippen molar-refractivity contribution in [3.8, 4) is 0 Å². The Hall–Kier alpha value is -0.610. The molecule has 1 amide bonds. The van der Waals surface area contributed by atoms with Gasteiger partial charge in [-0.25, -0.2) is 0 Å². The smallest absolute Gasteiger partial charge is 0.239 e. The highest BCUT2D eigenvalue weighted by Gasteiger charge is 2.27. The molecule has 0 spiro atoms. The van der Waals surface area contributed by atoms with E-state index in [9.17, 15) is 4.79 Å². The molecule has 54 valence electrons. The first-order valence-corrected chi connectivity index (χ1v) is 2.66. The zero-order chi connectivity index (χ0) is 7.49. The summed E-state index contributed by atoms with van der Waals surface area (Å²) in [7, 11) is 1.57. The third kappa shape index (κ3) is 1.65. The lowest BCUT2D eigenvalue weighted by Crippen LogP contribution is -2.54. The lowest BCUT2D eigenvalue weighted by molar-refractivity contribution is -0.125. The number of amides is 1. The molecular weight excluding hydrogens is 120 g/mol. The zero-order valence-corrected chi connectivity index (χ0v) is 5.64. The lowest BCUT2D eigenvalue weighted by atomic mass is 10.0. The number of rotatable bonds is 3. The monoisotopic (exact) mass is 132 g/mol. The van der Waals surface area contributed by atoms with Crippen molar-refractivity contribution in [2.24, 2.45) is 5.73 Å². The van der Waals surface area contributed by atoms with Crippen LogP contribution in [0.3, 0.4) is 0 Å². The van der Waals surface area contributed by atoms with Gasteiger partial charge in [0.25, 0.3) is 0 Å². The van der Waals surface area contributed by atoms with Crippen LogP contribution >= 0.6 is 0 Å². The van der Waals surface area contributed by atoms with Crippen LogP contribution in [-0.4, -0.2) is 30.2 Å². The minimum absolute atomic E-state index is 0.279. The minimum Gasteiger partial charge on any atom is -0.394 e. The molecule has 0 aromatic heterocycles. The van der Waals surface area contributed by atoms with Crippen molar-refractivity contribution in [1.82, 2.24) is 5.32 Å². The quantitative estimate of drug-likeness (QED) is 0.435. The molecule has 4 heteroatoms. The van der Waals surface area contributed by atoms with Gasteiger partial charge in [0.05, 0.1) is 6.61 Å². The summed E-state index contributed by atoms with van der Waals surface area (Å²) >= 11 is 0. The number of aliphatic hydroxyl groups excluding tert-OH is 1. The average Bonchev–Trinajstić information content (AvgIpc) is 1.86. The number of carbonyl (C=O) groups is 1. The number of primary amides is 1. The summed E-state index contributed by atoms with van der Waals surface area (Å²) in [5.74, 6) is -0.549. The second-order valence-corrected chi connectivity index (χ2v) is 2.10. The Balaban J connectivity index is 4.09. The summed E-state index contributed by atoms with van der Waals surface area (Å²) in [5, 5.41) is 11.2. The van der Waals surface area contributed by atoms with E-state index >= 15 is 0 Å². The molecule has 4 N–H and O–H groups in total. The van der Waals surface area contributed by atoms with Gasteiger partial charge in [-0.05, 0) is 14.0 Å². The number of nitrogens with two attached hydrogens (primary N) is 1. The van der Waals surface area contributed by atoms with Gasteiger partial charge in [-0.15, -0.1) is 0 Å². The Morgan fingerprint density at radius 2 is 2.33 bits per heavy atom. The van der Waals surface area contributed by atoms with Gasteiger partial charge < -0.3 is 16.2 Å². The van der Waals surface area contributed by atoms with Crippen molar-refractivity contribution < 1.29 is 9.90 Å². The fourth-order valence-corrected chi connectivity index (χ4v) is 0.280. The van der Waals surface area contributed by atoms with E-state index in [4.69, 9.17) is 10.8 Å². The van der Waals surface area contributed by atoms with Crippen LogP contribution in [0.1, 0.15) is 6.92 Å². The van der Waals surface area contributed by atoms with Gasteiger partial charge in [-0.1, -0.05) is 0 Å². The largest absolute Gasteiger partial charge is 0.394 e. The summed E-state index contributed by atoms with van der Waals surface area (Å²) < 4.78 is 0. The number of hydrogen-bond donors (Lipinski definition) is 3. The first kappa shape index (κ1) is 8.39. The van der Waals surface area contributed by atoms with E-state index in [2.05, 4.69) is 5.32 Å². The predicted molar refractivity (Wildman–Crippen MR) is 33.7 cm³/mol. The molecule has 1 unspecified atom stereocenters. The van der Waals surface area contributed by atoms with Crippen LogP contribution in [0.25, 0.3) is 0 Å². The van der Waals surface area contributed by atoms with E-state index in [1.807, 2.05) is 0 Å². The number of likely N-dealkylation sites (N-methyl/N-ethyl adjacent to an activating group) is 1. The second-order valence-electron chi connectivity index (χ2n) is 2.10. The maximum absolute atomic E-state index is 10.5. The summed E-state index contributed by atoms with van der Waals surface area (Å²) in [6.45, 7) is 1.26. The molecule has 0 heterocycles. The molecule has 0 aromatic rings. The summed E-state index contributed by atoms with van der Waals surface area (Å²) in [6, 6.07) is 0. The number of carbonyl (C=O) groups excluding carboxylic acids is 1. The summed E-state index contributed by atoms with van der Waals surface area (Å²) in [5.41, 5.74) is 3.96. The van der Waals surface area contributed by atoms with Crippen LogP contribution in [0.5, 0.6) is 0 Å². The molecule has 9 heavy (non-hydrogen) atoms. The molecule has 0 saturated carbocycles. The van der Waals surface area contributed by atoms with Crippen LogP contribution in [0.2, 0.25) is 0 Å². The van der Waals surface area contributed by atoms with Gasteiger partial charge in [0.1, 0.15) is 5.54 Å². The predicted octanol–water partition coefficient (Wildman–Crippen LogP) is -1.56. The molecule has 0 bridgehead atoms. The fourth-order valence-electron chi connectivity index (χ4n) is 0.280. The third-order valence-corrected chi connectivity index (χ3v) is 1.41. The van der Waals surface area contributed by atoms with Crippen LogP contribution in [0, 0.1) is 0 Å². The Kier molecular flexibility index (Phi) is 2.61. The van der Waals surface area contributed by atoms with Gasteiger partial charge in [0, 0.05) is 0 Å². The Morgan fingerprint density at radius 3 is 2.33 bits per heavy atom. The zero-order valence-electron chi connectivity index (χ0n) is 5.64. The Morgan fingerprint density at radius 1 is 1.89 bits per heavy atom. The van der Waals surface area contributed by atoms with E-state index in [-0.39, 0.29) is 6.61 Å². The minimum atomic E-state index is -0.972. The molecule has 4 nitrogen and oxygen atoms in total. The first-order valence-electron chi connectivity index (χ1n) is 2.66. The average molecular weight is 132 g/mol. The molecule has 0 aliphatic carbocycles. The van der Waals surface area contributed by atoms with Gasteiger partial charge in [-0.3, -0.25) is 4.79 Å². The van der Waals surface area contributed by atoms with Crippen molar-refractivity contribution in [1.29, 1.82) is 0 Å². The highest BCUT2D eigenvalue weighted by atomic mass is 16.3. The molecule has 0 aliphatic heterocycles. The number of hydrogen-bond acceptors (Lipinski definition) is 3. The second kappa shape index (κ2) is 2.80. The van der Waals surface area contributed by atoms with Crippen molar-refractivity contribution >= 4 is 5.91 Å². The normalized spacial score (nSPS) is 16.8. The van der Waals surface area contributed by atoms with Crippen LogP contribution < -0.4 is 11.1 Å². The molecular formula is C5H12N2O2. The third-order valence-electron chi connectivity index (χ3n) is 1.41. The number of aliphatic hydroxyl groups is 1. The fraction of sp³-hybridized carbons (Fsp3) is 0.800. The van der Waals surface area contributed by atoms with E-state index in [0.717, 1.165) is 0 Å². The van der Waals surface area contributed by atoms with E-state index in [1.54, 1.807) is 7.05 Å². The van der Waals surface area contributed by atoms with Crippen molar-refractivity contribution in [2.45, 2.75) is 12.5 Å². The van der Waals surface area contributed by atoms with Crippen molar-refractivity contribution in [2.75, 3.05) is 13.7 Å². The Labute approximate surface area is 54.0 Å². The SMILES string of the molecule is CNC(C)(CO)C(N)=O. The summed E-state index contributed by atoms with van der Waals surface area (Å²) in [6.07, 6.45) is 0. The van der Waals surface area contributed by atoms with E-state index < -0.39 is 11.4 Å². The molecule has 0 aliphatic rings. The molecule has 1 atom stereocenters. The highest BCUT2D eigenvalue weighted by molar-refractivity contribution is 5.84. The van der Waals surface area contributed by atoms with Crippen molar-refractivity contribution in [3.63, 3.8) is 0 Å². The van der Waals surface area contributed by atoms with Crippen molar-refractivity contribution in [3.05, 3.63) is 0 Å². The Bertz CT molecular complexity index is 110. The lowest BCUT2D eigenvalue weighted by Gasteiger charge is -2.21. The highest BCUT2D eigenvalue weighted by Crippen LogP contribution is 1.97. The maximum Gasteiger partial charge on any atom is 0.239 e.